The highest BCUT2D eigenvalue weighted by molar-refractivity contribution is 7.92. The zero-order valence-corrected chi connectivity index (χ0v) is 27.1. The Kier molecular flexibility index (Phi) is 11.4. The van der Waals surface area contributed by atoms with E-state index in [4.69, 9.17) is 4.74 Å². The molecule has 1 saturated carbocycles. The van der Waals surface area contributed by atoms with Gasteiger partial charge in [0.05, 0.1) is 19.1 Å². The molecular formula is C35H45N3O5S. The third kappa shape index (κ3) is 9.08. The van der Waals surface area contributed by atoms with Crippen molar-refractivity contribution in [1.82, 2.24) is 10.2 Å². The van der Waals surface area contributed by atoms with Gasteiger partial charge in [-0.05, 0) is 59.7 Å². The summed E-state index contributed by atoms with van der Waals surface area (Å²) in [7, 11) is -2.25. The molecule has 1 fully saturated rings. The Balaban J connectivity index is 1.72. The van der Waals surface area contributed by atoms with Gasteiger partial charge in [-0.2, -0.15) is 0 Å². The third-order valence-electron chi connectivity index (χ3n) is 8.24. The van der Waals surface area contributed by atoms with Crippen LogP contribution in [0.15, 0.2) is 78.9 Å². The van der Waals surface area contributed by atoms with Gasteiger partial charge < -0.3 is 15.0 Å². The molecule has 0 heterocycles. The first-order valence-electron chi connectivity index (χ1n) is 15.4. The highest BCUT2D eigenvalue weighted by Gasteiger charge is 2.34. The molecule has 0 aliphatic heterocycles. The number of sulfonamides is 1. The number of ether oxygens (including phenoxy) is 1. The van der Waals surface area contributed by atoms with Gasteiger partial charge in [0, 0.05) is 19.0 Å². The standard InChI is InChI=1S/C35H45N3O5S/c1-26(2)29-18-20-31(21-19-29)38(44(4,41)42)25-34(39)37(24-28-14-11-17-32(22-28)43-3)33(23-27-12-7-5-8-13-27)35(40)36-30-15-9-6-10-16-30/h5,7-8,11-14,17-22,26,30,33H,6,9-10,15-16,23-25H2,1-4H3,(H,36,40)/t33-/m0/s1. The second-order valence-corrected chi connectivity index (χ2v) is 13.8. The molecule has 44 heavy (non-hydrogen) atoms. The molecule has 1 aliphatic rings. The highest BCUT2D eigenvalue weighted by Crippen LogP contribution is 2.25. The molecule has 0 bridgehead atoms. The Hall–Kier alpha value is -3.85. The van der Waals surface area contributed by atoms with Crippen molar-refractivity contribution in [2.75, 3.05) is 24.2 Å². The summed E-state index contributed by atoms with van der Waals surface area (Å²) in [6.45, 7) is 3.80. The number of amides is 2. The number of methoxy groups -OCH3 is 1. The lowest BCUT2D eigenvalue weighted by atomic mass is 9.94. The second-order valence-electron chi connectivity index (χ2n) is 11.9. The largest absolute Gasteiger partial charge is 0.497 e. The van der Waals surface area contributed by atoms with Crippen LogP contribution in [0.4, 0.5) is 5.69 Å². The van der Waals surface area contributed by atoms with Crippen LogP contribution in [0.1, 0.15) is 68.6 Å². The average Bonchev–Trinajstić information content (AvgIpc) is 3.02. The number of nitrogens with zero attached hydrogens (tertiary/aromatic N) is 2. The number of carbonyl (C=O) groups is 2. The van der Waals surface area contributed by atoms with Crippen LogP contribution in [0.3, 0.4) is 0 Å². The molecule has 0 radical (unpaired) electrons. The lowest BCUT2D eigenvalue weighted by Crippen LogP contribution is -2.55. The molecule has 236 valence electrons. The van der Waals surface area contributed by atoms with Crippen molar-refractivity contribution in [3.63, 3.8) is 0 Å². The molecule has 0 spiro atoms. The molecule has 4 rings (SSSR count). The quantitative estimate of drug-likeness (QED) is 0.266. The first-order chi connectivity index (χ1) is 21.0. The minimum Gasteiger partial charge on any atom is -0.497 e. The summed E-state index contributed by atoms with van der Waals surface area (Å²) in [5, 5.41) is 3.23. The number of nitrogens with one attached hydrogen (secondary N) is 1. The maximum atomic E-state index is 14.3. The van der Waals surface area contributed by atoms with Gasteiger partial charge in [0.2, 0.25) is 21.8 Å². The van der Waals surface area contributed by atoms with Crippen molar-refractivity contribution >= 4 is 27.5 Å². The molecular weight excluding hydrogens is 574 g/mol. The number of hydrogen-bond acceptors (Lipinski definition) is 5. The fraction of sp³-hybridized carbons (Fsp3) is 0.429. The summed E-state index contributed by atoms with van der Waals surface area (Å²) in [5.74, 6) is 0.205. The van der Waals surface area contributed by atoms with E-state index < -0.39 is 28.5 Å². The molecule has 1 N–H and O–H groups in total. The summed E-state index contributed by atoms with van der Waals surface area (Å²) in [4.78, 5) is 29.9. The third-order valence-corrected chi connectivity index (χ3v) is 9.38. The second kappa shape index (κ2) is 15.2. The first kappa shape index (κ1) is 33.1. The zero-order chi connectivity index (χ0) is 31.7. The predicted octanol–water partition coefficient (Wildman–Crippen LogP) is 5.67. The van der Waals surface area contributed by atoms with Crippen LogP contribution in [-0.4, -0.2) is 57.1 Å². The molecule has 0 unspecified atom stereocenters. The monoisotopic (exact) mass is 619 g/mol. The number of hydrogen-bond donors (Lipinski definition) is 1. The molecule has 9 heteroatoms. The van der Waals surface area contributed by atoms with E-state index in [9.17, 15) is 18.0 Å². The molecule has 3 aromatic carbocycles. The zero-order valence-electron chi connectivity index (χ0n) is 26.2. The van der Waals surface area contributed by atoms with E-state index >= 15 is 0 Å². The smallest absolute Gasteiger partial charge is 0.244 e. The topological polar surface area (TPSA) is 96.0 Å². The Morgan fingerprint density at radius 1 is 0.909 bits per heavy atom. The van der Waals surface area contributed by atoms with E-state index in [-0.39, 0.29) is 30.8 Å². The van der Waals surface area contributed by atoms with Crippen LogP contribution in [0.2, 0.25) is 0 Å². The summed E-state index contributed by atoms with van der Waals surface area (Å²) in [5.41, 5.74) is 3.14. The summed E-state index contributed by atoms with van der Waals surface area (Å²) >= 11 is 0. The number of benzene rings is 3. The Bertz CT molecular complexity index is 1490. The fourth-order valence-corrected chi connectivity index (χ4v) is 6.55. The highest BCUT2D eigenvalue weighted by atomic mass is 32.2. The number of anilines is 1. The summed E-state index contributed by atoms with van der Waals surface area (Å²) in [6.07, 6.45) is 6.46. The van der Waals surface area contributed by atoms with Crippen molar-refractivity contribution in [2.24, 2.45) is 0 Å². The molecule has 0 saturated heterocycles. The van der Waals surface area contributed by atoms with E-state index in [1.807, 2.05) is 66.7 Å². The Morgan fingerprint density at radius 2 is 1.57 bits per heavy atom. The van der Waals surface area contributed by atoms with Crippen molar-refractivity contribution < 1.29 is 22.7 Å². The number of rotatable bonds is 13. The van der Waals surface area contributed by atoms with Crippen LogP contribution in [0.25, 0.3) is 0 Å². The summed E-state index contributed by atoms with van der Waals surface area (Å²) in [6, 6.07) is 23.4. The van der Waals surface area contributed by atoms with Gasteiger partial charge in [0.1, 0.15) is 18.3 Å². The molecule has 3 aromatic rings. The Morgan fingerprint density at radius 3 is 2.18 bits per heavy atom. The van der Waals surface area contributed by atoms with Gasteiger partial charge in [0.15, 0.2) is 0 Å². The lowest BCUT2D eigenvalue weighted by Gasteiger charge is -2.35. The normalized spacial score (nSPS) is 14.6. The van der Waals surface area contributed by atoms with Gasteiger partial charge in [-0.3, -0.25) is 13.9 Å². The van der Waals surface area contributed by atoms with Gasteiger partial charge in [-0.1, -0.05) is 87.7 Å². The van der Waals surface area contributed by atoms with Crippen molar-refractivity contribution in [3.8, 4) is 5.75 Å². The first-order valence-corrected chi connectivity index (χ1v) is 17.2. The van der Waals surface area contributed by atoms with Gasteiger partial charge >= 0.3 is 0 Å². The van der Waals surface area contributed by atoms with Crippen LogP contribution >= 0.6 is 0 Å². The van der Waals surface area contributed by atoms with Gasteiger partial charge in [0.25, 0.3) is 0 Å². The van der Waals surface area contributed by atoms with E-state index in [2.05, 4.69) is 19.2 Å². The summed E-state index contributed by atoms with van der Waals surface area (Å²) < 4.78 is 32.7. The SMILES string of the molecule is COc1cccc(CN(C(=O)CN(c2ccc(C(C)C)cc2)S(C)(=O)=O)[C@@H](Cc2ccccc2)C(=O)NC2CCCCC2)c1. The van der Waals surface area contributed by atoms with E-state index in [1.54, 1.807) is 19.2 Å². The van der Waals surface area contributed by atoms with E-state index in [0.29, 0.717) is 11.4 Å². The molecule has 1 atom stereocenters. The maximum absolute atomic E-state index is 14.3. The van der Waals surface area contributed by atoms with Crippen LogP contribution in [-0.2, 0) is 32.6 Å². The van der Waals surface area contributed by atoms with E-state index in [1.165, 1.54) is 4.90 Å². The van der Waals surface area contributed by atoms with Gasteiger partial charge in [-0.25, -0.2) is 8.42 Å². The van der Waals surface area contributed by atoms with Crippen molar-refractivity contribution in [2.45, 2.75) is 76.9 Å². The van der Waals surface area contributed by atoms with Crippen molar-refractivity contribution in [3.05, 3.63) is 95.6 Å². The minimum absolute atomic E-state index is 0.0512. The Labute approximate surface area is 262 Å². The van der Waals surface area contributed by atoms with Crippen LogP contribution in [0, 0.1) is 0 Å². The van der Waals surface area contributed by atoms with E-state index in [0.717, 1.165) is 59.4 Å². The number of carbonyl (C=O) groups excluding carboxylic acids is 2. The van der Waals surface area contributed by atoms with Crippen LogP contribution < -0.4 is 14.4 Å². The molecule has 1 aliphatic carbocycles. The van der Waals surface area contributed by atoms with Crippen molar-refractivity contribution in [1.29, 1.82) is 0 Å². The maximum Gasteiger partial charge on any atom is 0.244 e. The minimum atomic E-state index is -3.83. The predicted molar refractivity (Wildman–Crippen MR) is 175 cm³/mol. The molecule has 0 aromatic heterocycles. The molecule has 2 amide bonds. The van der Waals surface area contributed by atoms with Gasteiger partial charge in [-0.15, -0.1) is 0 Å². The average molecular weight is 620 g/mol. The molecule has 8 nitrogen and oxygen atoms in total. The lowest BCUT2D eigenvalue weighted by molar-refractivity contribution is -0.140. The fourth-order valence-electron chi connectivity index (χ4n) is 5.70. The van der Waals surface area contributed by atoms with Crippen LogP contribution in [0.5, 0.6) is 5.75 Å².